The zero-order valence-electron chi connectivity index (χ0n) is 10.2. The van der Waals surface area contributed by atoms with Crippen molar-refractivity contribution in [1.82, 2.24) is 0 Å². The van der Waals surface area contributed by atoms with E-state index >= 15 is 0 Å². The van der Waals surface area contributed by atoms with E-state index in [1.165, 1.54) is 11.8 Å². The third-order valence-corrected chi connectivity index (χ3v) is 3.38. The third-order valence-electron chi connectivity index (χ3n) is 3.38. The van der Waals surface area contributed by atoms with E-state index in [4.69, 9.17) is 0 Å². The van der Waals surface area contributed by atoms with Crippen LogP contribution in [0.15, 0.2) is 24.3 Å². The van der Waals surface area contributed by atoms with Crippen molar-refractivity contribution >= 4 is 11.6 Å². The topological polar surface area (TPSA) is 20.3 Å². The first-order chi connectivity index (χ1) is 8.29. The molecule has 1 aliphatic rings. The van der Waals surface area contributed by atoms with Crippen molar-refractivity contribution in [3.63, 3.8) is 0 Å². The van der Waals surface area contributed by atoms with Gasteiger partial charge >= 0.3 is 6.18 Å². The molecule has 98 valence electrons. The average Bonchev–Trinajstić information content (AvgIpc) is 2.47. The van der Waals surface area contributed by atoms with Gasteiger partial charge in [0.1, 0.15) is 0 Å². The van der Waals surface area contributed by atoms with Crippen LogP contribution in [-0.2, 0) is 10.2 Å². The number of amides is 1. The maximum absolute atomic E-state index is 12.7. The smallest absolute Gasteiger partial charge is 0.312 e. The molecule has 0 N–H and O–H groups in total. The first kappa shape index (κ1) is 12.9. The highest BCUT2D eigenvalue weighted by atomic mass is 19.4. The van der Waals surface area contributed by atoms with Crippen LogP contribution >= 0.6 is 0 Å². The lowest BCUT2D eigenvalue weighted by Gasteiger charge is -2.25. The molecule has 1 aromatic carbocycles. The van der Waals surface area contributed by atoms with Crippen LogP contribution in [0.5, 0.6) is 0 Å². The Bertz CT molecular complexity index is 483. The lowest BCUT2D eigenvalue weighted by atomic mass is 9.80. The molecule has 0 radical (unpaired) electrons. The number of benzene rings is 1. The standard InChI is InChI=1S/C13H14F3NO/c1-3-17-10-7-5-4-6-9(10)12(2,11(17)18)8-13(14,15)16/h4-7H,3,8H2,1-2H3. The Morgan fingerprint density at radius 2 is 1.89 bits per heavy atom. The number of rotatable bonds is 2. The molecule has 18 heavy (non-hydrogen) atoms. The summed E-state index contributed by atoms with van der Waals surface area (Å²) in [7, 11) is 0. The molecule has 1 aromatic rings. The van der Waals surface area contributed by atoms with Gasteiger partial charge in [-0.1, -0.05) is 18.2 Å². The molecule has 1 atom stereocenters. The molecule has 2 nitrogen and oxygen atoms in total. The van der Waals surface area contributed by atoms with Crippen molar-refractivity contribution in [2.45, 2.75) is 31.9 Å². The van der Waals surface area contributed by atoms with Gasteiger partial charge < -0.3 is 4.90 Å². The van der Waals surface area contributed by atoms with Gasteiger partial charge in [-0.3, -0.25) is 4.79 Å². The minimum atomic E-state index is -4.36. The zero-order chi connectivity index (χ0) is 13.6. The first-order valence-electron chi connectivity index (χ1n) is 5.78. The predicted octanol–water partition coefficient (Wildman–Crippen LogP) is 3.26. The molecular formula is C13H14F3NO. The maximum atomic E-state index is 12.7. The fourth-order valence-corrected chi connectivity index (χ4v) is 2.58. The zero-order valence-corrected chi connectivity index (χ0v) is 10.2. The molecule has 5 heteroatoms. The number of anilines is 1. The Morgan fingerprint density at radius 3 is 2.44 bits per heavy atom. The minimum Gasteiger partial charge on any atom is -0.312 e. The summed E-state index contributed by atoms with van der Waals surface area (Å²) < 4.78 is 38.0. The lowest BCUT2D eigenvalue weighted by Crippen LogP contribution is -2.41. The van der Waals surface area contributed by atoms with E-state index in [0.29, 0.717) is 17.8 Å². The number of hydrogen-bond donors (Lipinski definition) is 0. The number of likely N-dealkylation sites (N-methyl/N-ethyl adjacent to an activating group) is 1. The van der Waals surface area contributed by atoms with Gasteiger partial charge in [0.05, 0.1) is 11.8 Å². The highest BCUT2D eigenvalue weighted by Gasteiger charge is 2.52. The molecule has 0 bridgehead atoms. The van der Waals surface area contributed by atoms with E-state index in [9.17, 15) is 18.0 Å². The lowest BCUT2D eigenvalue weighted by molar-refractivity contribution is -0.155. The first-order valence-corrected chi connectivity index (χ1v) is 5.78. The van der Waals surface area contributed by atoms with Gasteiger partial charge in [-0.25, -0.2) is 0 Å². The summed E-state index contributed by atoms with van der Waals surface area (Å²) in [5, 5.41) is 0. The Hall–Kier alpha value is -1.52. The molecule has 2 rings (SSSR count). The largest absolute Gasteiger partial charge is 0.390 e. The number of carbonyl (C=O) groups is 1. The van der Waals surface area contributed by atoms with Crippen molar-refractivity contribution in [2.24, 2.45) is 0 Å². The van der Waals surface area contributed by atoms with E-state index in [1.807, 2.05) is 0 Å². The normalized spacial score (nSPS) is 23.4. The van der Waals surface area contributed by atoms with E-state index in [1.54, 1.807) is 31.2 Å². The summed E-state index contributed by atoms with van der Waals surface area (Å²) in [6.07, 6.45) is -5.48. The van der Waals surface area contributed by atoms with Crippen LogP contribution in [0.25, 0.3) is 0 Å². The molecule has 0 saturated carbocycles. The van der Waals surface area contributed by atoms with Crippen molar-refractivity contribution in [3.8, 4) is 0 Å². The van der Waals surface area contributed by atoms with E-state index < -0.39 is 23.9 Å². The molecular weight excluding hydrogens is 243 g/mol. The Kier molecular flexibility index (Phi) is 2.87. The highest BCUT2D eigenvalue weighted by molar-refractivity contribution is 6.07. The summed E-state index contributed by atoms with van der Waals surface area (Å²) in [5.41, 5.74) is -0.434. The number of fused-ring (bicyclic) bond motifs is 1. The van der Waals surface area contributed by atoms with Crippen LogP contribution in [0.4, 0.5) is 18.9 Å². The summed E-state index contributed by atoms with van der Waals surface area (Å²) in [6, 6.07) is 6.70. The van der Waals surface area contributed by atoms with Crippen molar-refractivity contribution in [3.05, 3.63) is 29.8 Å². The van der Waals surface area contributed by atoms with E-state index in [-0.39, 0.29) is 0 Å². The van der Waals surface area contributed by atoms with Gasteiger partial charge in [-0.15, -0.1) is 0 Å². The SMILES string of the molecule is CCN1C(=O)C(C)(CC(F)(F)F)c2ccccc21. The molecule has 0 saturated heterocycles. The summed E-state index contributed by atoms with van der Waals surface area (Å²) >= 11 is 0. The number of carbonyl (C=O) groups excluding carboxylic acids is 1. The molecule has 0 aliphatic carbocycles. The van der Waals surface area contributed by atoms with E-state index in [0.717, 1.165) is 0 Å². The third kappa shape index (κ3) is 1.87. The van der Waals surface area contributed by atoms with Crippen LogP contribution < -0.4 is 4.90 Å². The van der Waals surface area contributed by atoms with Gasteiger partial charge in [-0.2, -0.15) is 13.2 Å². The number of hydrogen-bond acceptors (Lipinski definition) is 1. The number of para-hydroxylation sites is 1. The predicted molar refractivity (Wildman–Crippen MR) is 62.5 cm³/mol. The molecule has 0 spiro atoms. The summed E-state index contributed by atoms with van der Waals surface area (Å²) in [4.78, 5) is 13.6. The quantitative estimate of drug-likeness (QED) is 0.796. The second kappa shape index (κ2) is 4.00. The van der Waals surface area contributed by atoms with Crippen LogP contribution in [0.1, 0.15) is 25.8 Å². The van der Waals surface area contributed by atoms with Crippen molar-refractivity contribution < 1.29 is 18.0 Å². The van der Waals surface area contributed by atoms with E-state index in [2.05, 4.69) is 0 Å². The number of halogens is 3. The van der Waals surface area contributed by atoms with Gasteiger partial charge in [0, 0.05) is 12.2 Å². The molecule has 1 unspecified atom stereocenters. The maximum Gasteiger partial charge on any atom is 0.390 e. The van der Waals surface area contributed by atoms with Crippen LogP contribution in [0.3, 0.4) is 0 Å². The van der Waals surface area contributed by atoms with Gasteiger partial charge in [0.25, 0.3) is 0 Å². The fourth-order valence-electron chi connectivity index (χ4n) is 2.58. The summed E-state index contributed by atoms with van der Waals surface area (Å²) in [6.45, 7) is 3.51. The molecule has 1 heterocycles. The second-order valence-corrected chi connectivity index (χ2v) is 4.69. The average molecular weight is 257 g/mol. The van der Waals surface area contributed by atoms with Crippen LogP contribution in [0.2, 0.25) is 0 Å². The molecule has 0 fully saturated rings. The molecule has 1 amide bonds. The van der Waals surface area contributed by atoms with Crippen LogP contribution in [-0.4, -0.2) is 18.6 Å². The Balaban J connectivity index is 2.53. The number of alkyl halides is 3. The Labute approximate surface area is 103 Å². The number of nitrogens with zero attached hydrogens (tertiary/aromatic N) is 1. The van der Waals surface area contributed by atoms with Gasteiger partial charge in [0.15, 0.2) is 0 Å². The Morgan fingerprint density at radius 1 is 1.28 bits per heavy atom. The van der Waals surface area contributed by atoms with Gasteiger partial charge in [0.2, 0.25) is 5.91 Å². The highest BCUT2D eigenvalue weighted by Crippen LogP contribution is 2.47. The van der Waals surface area contributed by atoms with Crippen molar-refractivity contribution in [2.75, 3.05) is 11.4 Å². The van der Waals surface area contributed by atoms with Crippen LogP contribution in [0, 0.1) is 0 Å². The van der Waals surface area contributed by atoms with Gasteiger partial charge in [-0.05, 0) is 25.5 Å². The fraction of sp³-hybridized carbons (Fsp3) is 0.462. The summed E-state index contributed by atoms with van der Waals surface area (Å²) in [5.74, 6) is -0.469. The van der Waals surface area contributed by atoms with Crippen molar-refractivity contribution in [1.29, 1.82) is 0 Å². The second-order valence-electron chi connectivity index (χ2n) is 4.69. The molecule has 0 aromatic heterocycles. The monoisotopic (exact) mass is 257 g/mol. The molecule has 1 aliphatic heterocycles. The minimum absolute atomic E-state index is 0.378.